The number of methoxy groups -OCH3 is 1. The Hall–Kier alpha value is -2.88. The van der Waals surface area contributed by atoms with Crippen LogP contribution in [-0.4, -0.2) is 48.2 Å². The maximum absolute atomic E-state index is 11.5. The second-order valence-electron chi connectivity index (χ2n) is 6.72. The van der Waals surface area contributed by atoms with E-state index in [1.165, 1.54) is 11.8 Å². The molecule has 1 unspecified atom stereocenters. The number of nitrogen functional groups attached to an aromatic ring is 1. The minimum Gasteiger partial charge on any atom is -0.496 e. The number of nitrogens with zero attached hydrogens (tertiary/aromatic N) is 5. The number of aryl methyl sites for hydroxylation is 2. The van der Waals surface area contributed by atoms with Crippen LogP contribution in [0.5, 0.6) is 5.75 Å². The van der Waals surface area contributed by atoms with Gasteiger partial charge in [0.2, 0.25) is 5.95 Å². The molecule has 9 nitrogen and oxygen atoms in total. The number of hydrogen-bond acceptors (Lipinski definition) is 8. The topological polar surface area (TPSA) is 129 Å². The van der Waals surface area contributed by atoms with Crippen LogP contribution in [0.1, 0.15) is 28.9 Å². The summed E-state index contributed by atoms with van der Waals surface area (Å²) < 4.78 is 7.25. The molecule has 4 rings (SSSR count). The summed E-state index contributed by atoms with van der Waals surface area (Å²) in [4.78, 5) is 24.7. The predicted molar refractivity (Wildman–Crippen MR) is 105 cm³/mol. The lowest BCUT2D eigenvalue weighted by atomic mass is 10.1. The number of carbonyl (C=O) groups is 1. The zero-order valence-electron chi connectivity index (χ0n) is 15.8. The summed E-state index contributed by atoms with van der Waals surface area (Å²) in [7, 11) is 1.64. The summed E-state index contributed by atoms with van der Waals surface area (Å²) in [6.45, 7) is 4.32. The molecule has 1 aliphatic rings. The van der Waals surface area contributed by atoms with Gasteiger partial charge < -0.3 is 15.6 Å². The minimum absolute atomic E-state index is 0.0971. The molecule has 0 amide bonds. The molecule has 0 aromatic carbocycles. The number of aromatic nitrogens is 5. The van der Waals surface area contributed by atoms with Crippen LogP contribution < -0.4 is 10.5 Å². The largest absolute Gasteiger partial charge is 0.496 e. The Morgan fingerprint density at radius 2 is 2.21 bits per heavy atom. The average Bonchev–Trinajstić information content (AvgIpc) is 2.86. The number of thioether (sulfide) groups is 1. The molecule has 0 fully saturated rings. The fourth-order valence-corrected chi connectivity index (χ4v) is 4.58. The van der Waals surface area contributed by atoms with E-state index in [-0.39, 0.29) is 5.95 Å². The lowest BCUT2D eigenvalue weighted by Gasteiger charge is -2.13. The van der Waals surface area contributed by atoms with Gasteiger partial charge in [-0.2, -0.15) is 10.1 Å². The van der Waals surface area contributed by atoms with Crippen molar-refractivity contribution in [3.63, 3.8) is 0 Å². The molecule has 1 atom stereocenters. The van der Waals surface area contributed by atoms with E-state index in [9.17, 15) is 9.90 Å². The first-order valence-corrected chi connectivity index (χ1v) is 9.68. The van der Waals surface area contributed by atoms with Gasteiger partial charge >= 0.3 is 5.97 Å². The molecule has 0 spiro atoms. The van der Waals surface area contributed by atoms with Crippen molar-refractivity contribution in [1.82, 2.24) is 24.7 Å². The van der Waals surface area contributed by atoms with Crippen LogP contribution in [0.25, 0.3) is 11.0 Å². The van der Waals surface area contributed by atoms with E-state index in [1.807, 2.05) is 13.8 Å². The number of carboxylic acid groups (broad SMARTS) is 1. The average molecular weight is 400 g/mol. The Bertz CT molecular complexity index is 1100. The van der Waals surface area contributed by atoms with Gasteiger partial charge in [-0.1, -0.05) is 11.8 Å². The van der Waals surface area contributed by atoms with Gasteiger partial charge in [-0.3, -0.25) is 9.78 Å². The predicted octanol–water partition coefficient (Wildman–Crippen LogP) is 1.97. The third-order valence-electron chi connectivity index (χ3n) is 4.87. The Morgan fingerprint density at radius 3 is 2.93 bits per heavy atom. The smallest absolute Gasteiger partial charge is 0.317 e. The van der Waals surface area contributed by atoms with Crippen molar-refractivity contribution in [3.05, 3.63) is 28.7 Å². The molecule has 3 aromatic heterocycles. The molecular formula is C18H20N6O3S. The van der Waals surface area contributed by atoms with Crippen LogP contribution in [0, 0.1) is 13.8 Å². The SMILES string of the molecule is COc1c(C)cnc(Cn2nc3c4c(nc(N)nc42)SC(C(=O)O)CC3)c1C. The molecule has 4 heterocycles. The highest BCUT2D eigenvalue weighted by Crippen LogP contribution is 2.37. The number of ether oxygens (including phenoxy) is 1. The van der Waals surface area contributed by atoms with Gasteiger partial charge in [-0.15, -0.1) is 0 Å². The van der Waals surface area contributed by atoms with Gasteiger partial charge in [-0.05, 0) is 26.7 Å². The van der Waals surface area contributed by atoms with E-state index in [2.05, 4.69) is 15.0 Å². The molecule has 28 heavy (non-hydrogen) atoms. The van der Waals surface area contributed by atoms with Crippen molar-refractivity contribution in [2.45, 2.75) is 43.5 Å². The second kappa shape index (κ2) is 6.93. The van der Waals surface area contributed by atoms with Crippen molar-refractivity contribution in [3.8, 4) is 5.75 Å². The van der Waals surface area contributed by atoms with Crippen LogP contribution >= 0.6 is 11.8 Å². The first-order chi connectivity index (χ1) is 13.4. The fraction of sp³-hybridized carbons (Fsp3) is 0.389. The molecule has 10 heteroatoms. The Kier molecular flexibility index (Phi) is 4.58. The number of hydrogen-bond donors (Lipinski definition) is 2. The third-order valence-corrected chi connectivity index (χ3v) is 6.11. The number of rotatable bonds is 4. The van der Waals surface area contributed by atoms with Crippen LogP contribution in [0.4, 0.5) is 5.95 Å². The number of nitrogens with two attached hydrogens (primary N) is 1. The molecule has 3 aromatic rings. The maximum Gasteiger partial charge on any atom is 0.317 e. The zero-order valence-corrected chi connectivity index (χ0v) is 16.6. The number of carboxylic acids is 1. The van der Waals surface area contributed by atoms with Crippen LogP contribution in [0.2, 0.25) is 0 Å². The van der Waals surface area contributed by atoms with E-state index >= 15 is 0 Å². The molecule has 1 aliphatic heterocycles. The molecule has 3 N–H and O–H groups in total. The Balaban J connectivity index is 1.82. The first-order valence-electron chi connectivity index (χ1n) is 8.80. The summed E-state index contributed by atoms with van der Waals surface area (Å²) in [5, 5.41) is 14.9. The van der Waals surface area contributed by atoms with E-state index < -0.39 is 11.2 Å². The Morgan fingerprint density at radius 1 is 1.43 bits per heavy atom. The van der Waals surface area contributed by atoms with Crippen molar-refractivity contribution in [2.24, 2.45) is 0 Å². The standard InChI is InChI=1S/C18H20N6O3S/c1-8-6-20-11(9(2)14(8)27-3)7-24-15-13-10(23-24)4-5-12(17(25)26)28-16(13)22-18(19)21-15/h6,12H,4-5,7H2,1-3H3,(H,25,26)(H2,19,21,22). The highest BCUT2D eigenvalue weighted by Gasteiger charge is 2.29. The zero-order chi connectivity index (χ0) is 20.0. The minimum atomic E-state index is -0.861. The summed E-state index contributed by atoms with van der Waals surface area (Å²) in [5.41, 5.74) is 10.0. The summed E-state index contributed by atoms with van der Waals surface area (Å²) in [6.07, 6.45) is 2.79. The van der Waals surface area contributed by atoms with Gasteiger partial charge in [0.15, 0.2) is 5.65 Å². The molecule has 0 saturated carbocycles. The first kappa shape index (κ1) is 18.5. The quantitative estimate of drug-likeness (QED) is 0.631. The molecule has 146 valence electrons. The maximum atomic E-state index is 11.5. The second-order valence-corrected chi connectivity index (χ2v) is 7.91. The van der Waals surface area contributed by atoms with Crippen LogP contribution in [0.3, 0.4) is 0 Å². The van der Waals surface area contributed by atoms with E-state index in [0.29, 0.717) is 30.1 Å². The van der Waals surface area contributed by atoms with Gasteiger partial charge in [-0.25, -0.2) is 9.67 Å². The molecule has 0 aliphatic carbocycles. The lowest BCUT2D eigenvalue weighted by Crippen LogP contribution is -2.17. The molecular weight excluding hydrogens is 380 g/mol. The van der Waals surface area contributed by atoms with E-state index in [0.717, 1.165) is 33.7 Å². The highest BCUT2D eigenvalue weighted by molar-refractivity contribution is 8.00. The van der Waals surface area contributed by atoms with E-state index in [4.69, 9.17) is 15.6 Å². The van der Waals surface area contributed by atoms with Gasteiger partial charge in [0, 0.05) is 17.3 Å². The molecule has 0 radical (unpaired) electrons. The fourth-order valence-electron chi connectivity index (χ4n) is 3.51. The van der Waals surface area contributed by atoms with Crippen molar-refractivity contribution in [2.75, 3.05) is 12.8 Å². The number of anilines is 1. The summed E-state index contributed by atoms with van der Waals surface area (Å²) in [6, 6.07) is 0. The van der Waals surface area contributed by atoms with Crippen molar-refractivity contribution >= 4 is 34.7 Å². The summed E-state index contributed by atoms with van der Waals surface area (Å²) >= 11 is 1.20. The monoisotopic (exact) mass is 400 g/mol. The van der Waals surface area contributed by atoms with Crippen LogP contribution in [-0.2, 0) is 17.8 Å². The van der Waals surface area contributed by atoms with Gasteiger partial charge in [0.05, 0.1) is 30.4 Å². The normalized spacial score (nSPS) is 16.2. The number of pyridine rings is 1. The van der Waals surface area contributed by atoms with E-state index in [1.54, 1.807) is 18.0 Å². The highest BCUT2D eigenvalue weighted by atomic mass is 32.2. The third kappa shape index (κ3) is 3.03. The van der Waals surface area contributed by atoms with Gasteiger partial charge in [0.25, 0.3) is 0 Å². The van der Waals surface area contributed by atoms with Gasteiger partial charge in [0.1, 0.15) is 16.0 Å². The molecule has 0 saturated heterocycles. The molecule has 0 bridgehead atoms. The summed E-state index contributed by atoms with van der Waals surface area (Å²) in [5.74, 6) is 0.0392. The van der Waals surface area contributed by atoms with Crippen LogP contribution in [0.15, 0.2) is 11.2 Å². The van der Waals surface area contributed by atoms with Crippen molar-refractivity contribution in [1.29, 1.82) is 0 Å². The lowest BCUT2D eigenvalue weighted by molar-refractivity contribution is -0.136. The number of aliphatic carboxylic acids is 1. The Labute approximate surface area is 165 Å². The van der Waals surface area contributed by atoms with Crippen molar-refractivity contribution < 1.29 is 14.6 Å².